The third-order valence-corrected chi connectivity index (χ3v) is 5.43. The summed E-state index contributed by atoms with van der Waals surface area (Å²) in [5.74, 6) is 1.92. The number of rotatable bonds is 2. The topological polar surface area (TPSA) is 101 Å². The van der Waals surface area contributed by atoms with E-state index < -0.39 is 12.2 Å². The molecule has 1 amide bonds. The number of carboxylic acid groups (broad SMARTS) is 1. The summed E-state index contributed by atoms with van der Waals surface area (Å²) >= 11 is 0. The van der Waals surface area contributed by atoms with Crippen LogP contribution in [-0.4, -0.2) is 82.9 Å². The summed E-state index contributed by atoms with van der Waals surface area (Å²) in [6.45, 7) is 3.76. The monoisotopic (exact) mass is 328 g/mol. The molecule has 0 radical (unpaired) electrons. The number of carbonyl (C=O) groups is 2. The van der Waals surface area contributed by atoms with Gasteiger partial charge >= 0.3 is 0 Å². The van der Waals surface area contributed by atoms with E-state index in [1.807, 2.05) is 11.9 Å². The van der Waals surface area contributed by atoms with Gasteiger partial charge in [-0.3, -0.25) is 9.59 Å². The number of amides is 1. The molecule has 1 saturated carbocycles. The molecule has 3 fully saturated rings. The lowest BCUT2D eigenvalue weighted by molar-refractivity contribution is -0.133. The van der Waals surface area contributed by atoms with Gasteiger partial charge in [0.15, 0.2) is 0 Å². The molecular formula is C16H28N2O5. The van der Waals surface area contributed by atoms with Crippen molar-refractivity contribution < 1.29 is 24.9 Å². The average Bonchev–Trinajstić information content (AvgIpc) is 2.85. The average molecular weight is 328 g/mol. The van der Waals surface area contributed by atoms with Gasteiger partial charge in [0.2, 0.25) is 5.91 Å². The van der Waals surface area contributed by atoms with Gasteiger partial charge in [0.05, 0.1) is 12.2 Å². The molecule has 0 bridgehead atoms. The van der Waals surface area contributed by atoms with Crippen molar-refractivity contribution in [3.05, 3.63) is 0 Å². The molecule has 3 aliphatic rings. The Balaban J connectivity index is 0.000000595. The van der Waals surface area contributed by atoms with Crippen LogP contribution >= 0.6 is 0 Å². The van der Waals surface area contributed by atoms with E-state index in [0.29, 0.717) is 24.2 Å². The zero-order valence-corrected chi connectivity index (χ0v) is 13.7. The van der Waals surface area contributed by atoms with Crippen LogP contribution in [0.25, 0.3) is 0 Å². The Kier molecular flexibility index (Phi) is 6.38. The van der Waals surface area contributed by atoms with Gasteiger partial charge in [-0.05, 0) is 37.0 Å². The van der Waals surface area contributed by atoms with Crippen LogP contribution in [0.5, 0.6) is 0 Å². The highest BCUT2D eigenvalue weighted by Gasteiger charge is 2.41. The van der Waals surface area contributed by atoms with E-state index in [9.17, 15) is 15.0 Å². The molecule has 0 aromatic carbocycles. The third kappa shape index (κ3) is 4.65. The van der Waals surface area contributed by atoms with Crippen LogP contribution in [0.1, 0.15) is 25.7 Å². The zero-order valence-electron chi connectivity index (χ0n) is 13.7. The molecule has 1 aliphatic carbocycles. The van der Waals surface area contributed by atoms with Gasteiger partial charge < -0.3 is 25.1 Å². The normalized spacial score (nSPS) is 37.8. The largest absolute Gasteiger partial charge is 0.483 e. The molecule has 0 spiro atoms. The Labute approximate surface area is 136 Å². The Morgan fingerprint density at radius 3 is 2.13 bits per heavy atom. The Bertz CT molecular complexity index is 401. The molecule has 7 heteroatoms. The maximum absolute atomic E-state index is 11.5. The lowest BCUT2D eigenvalue weighted by Gasteiger charge is -2.32. The van der Waals surface area contributed by atoms with Gasteiger partial charge in [0, 0.05) is 39.6 Å². The minimum absolute atomic E-state index is 0.250. The quantitative estimate of drug-likeness (QED) is 0.597. The van der Waals surface area contributed by atoms with Crippen LogP contribution in [-0.2, 0) is 9.59 Å². The first-order valence-corrected chi connectivity index (χ1v) is 8.34. The van der Waals surface area contributed by atoms with Crippen LogP contribution in [0, 0.1) is 17.8 Å². The predicted octanol–water partition coefficient (Wildman–Crippen LogP) is -0.381. The summed E-state index contributed by atoms with van der Waals surface area (Å²) in [6.07, 6.45) is 2.10. The molecule has 2 aliphatic heterocycles. The minimum Gasteiger partial charge on any atom is -0.483 e. The smallest absolute Gasteiger partial charge is 0.290 e. The van der Waals surface area contributed by atoms with Crippen molar-refractivity contribution in [3.63, 3.8) is 0 Å². The second kappa shape index (κ2) is 8.08. The summed E-state index contributed by atoms with van der Waals surface area (Å²) < 4.78 is 0. The number of aliphatic hydroxyl groups is 2. The van der Waals surface area contributed by atoms with E-state index in [0.717, 1.165) is 45.4 Å². The molecule has 2 saturated heterocycles. The number of hydrogen-bond donors (Lipinski definition) is 3. The Hall–Kier alpha value is -1.18. The highest BCUT2D eigenvalue weighted by Crippen LogP contribution is 2.37. The molecule has 132 valence electrons. The molecule has 2 heterocycles. The molecule has 23 heavy (non-hydrogen) atoms. The first-order chi connectivity index (χ1) is 10.9. The number of nitrogens with zero attached hydrogens (tertiary/aromatic N) is 2. The van der Waals surface area contributed by atoms with E-state index in [-0.39, 0.29) is 12.4 Å². The maximum Gasteiger partial charge on any atom is 0.290 e. The number of piperidine rings is 1. The number of hydrogen-bond acceptors (Lipinski definition) is 5. The fourth-order valence-corrected chi connectivity index (χ4v) is 4.27. The van der Waals surface area contributed by atoms with Crippen LogP contribution in [0.2, 0.25) is 0 Å². The molecule has 3 rings (SSSR count). The first-order valence-electron chi connectivity index (χ1n) is 8.34. The van der Waals surface area contributed by atoms with Crippen molar-refractivity contribution in [1.29, 1.82) is 0 Å². The van der Waals surface area contributed by atoms with Crippen molar-refractivity contribution in [2.75, 3.05) is 33.2 Å². The van der Waals surface area contributed by atoms with Gasteiger partial charge in [-0.15, -0.1) is 0 Å². The van der Waals surface area contributed by atoms with E-state index in [2.05, 4.69) is 4.90 Å². The van der Waals surface area contributed by atoms with Gasteiger partial charge in [-0.25, -0.2) is 0 Å². The van der Waals surface area contributed by atoms with Gasteiger partial charge in [-0.2, -0.15) is 0 Å². The lowest BCUT2D eigenvalue weighted by atomic mass is 9.79. The predicted molar refractivity (Wildman–Crippen MR) is 83.7 cm³/mol. The summed E-state index contributed by atoms with van der Waals surface area (Å²) in [5, 5.41) is 26.5. The van der Waals surface area contributed by atoms with Gasteiger partial charge in [0.25, 0.3) is 6.47 Å². The van der Waals surface area contributed by atoms with Crippen molar-refractivity contribution in [2.45, 2.75) is 37.9 Å². The molecule has 0 aromatic heterocycles. The summed E-state index contributed by atoms with van der Waals surface area (Å²) in [4.78, 5) is 24.2. The van der Waals surface area contributed by atoms with Crippen molar-refractivity contribution >= 4 is 12.4 Å². The molecule has 1 unspecified atom stereocenters. The second-order valence-corrected chi connectivity index (χ2v) is 7.13. The van der Waals surface area contributed by atoms with E-state index in [1.54, 1.807) is 0 Å². The molecule has 0 aromatic rings. The summed E-state index contributed by atoms with van der Waals surface area (Å²) in [6, 6.07) is 0. The fourth-order valence-electron chi connectivity index (χ4n) is 4.27. The number of fused-ring (bicyclic) bond motifs is 1. The van der Waals surface area contributed by atoms with Crippen LogP contribution < -0.4 is 0 Å². The molecule has 7 nitrogen and oxygen atoms in total. The lowest BCUT2D eigenvalue weighted by Crippen LogP contribution is -2.41. The third-order valence-electron chi connectivity index (χ3n) is 5.43. The van der Waals surface area contributed by atoms with Crippen LogP contribution in [0.4, 0.5) is 0 Å². The molecule has 5 atom stereocenters. The highest BCUT2D eigenvalue weighted by molar-refractivity contribution is 5.76. The number of aliphatic hydroxyl groups excluding tert-OH is 2. The molecular weight excluding hydrogens is 300 g/mol. The van der Waals surface area contributed by atoms with Crippen LogP contribution in [0.3, 0.4) is 0 Å². The zero-order chi connectivity index (χ0) is 17.0. The standard InChI is InChI=1S/C15H26N2O3.CH2O2/c1-16-6-10(2-3-15(16)20)7-17-8-11-4-13(18)14(19)5-12(11)9-17;2-1-3/h10-14,18-19H,2-9H2,1H3;1H,(H,2,3)/t10?,11-,12+,13+,14-;. The summed E-state index contributed by atoms with van der Waals surface area (Å²) in [7, 11) is 1.89. The highest BCUT2D eigenvalue weighted by atomic mass is 16.3. The van der Waals surface area contributed by atoms with E-state index in [4.69, 9.17) is 9.90 Å². The molecule has 3 N–H and O–H groups in total. The fraction of sp³-hybridized carbons (Fsp3) is 0.875. The van der Waals surface area contributed by atoms with Crippen molar-refractivity contribution in [3.8, 4) is 0 Å². The number of likely N-dealkylation sites (tertiary alicyclic amines) is 2. The maximum atomic E-state index is 11.5. The Morgan fingerprint density at radius 2 is 1.65 bits per heavy atom. The van der Waals surface area contributed by atoms with E-state index >= 15 is 0 Å². The van der Waals surface area contributed by atoms with Crippen molar-refractivity contribution in [2.24, 2.45) is 17.8 Å². The van der Waals surface area contributed by atoms with Gasteiger partial charge in [0.1, 0.15) is 0 Å². The summed E-state index contributed by atoms with van der Waals surface area (Å²) in [5.41, 5.74) is 0. The number of carbonyl (C=O) groups excluding carboxylic acids is 1. The van der Waals surface area contributed by atoms with Crippen LogP contribution in [0.15, 0.2) is 0 Å². The van der Waals surface area contributed by atoms with Crippen molar-refractivity contribution in [1.82, 2.24) is 9.80 Å². The van der Waals surface area contributed by atoms with E-state index in [1.165, 1.54) is 0 Å². The van der Waals surface area contributed by atoms with Gasteiger partial charge in [-0.1, -0.05) is 0 Å². The first kappa shape index (κ1) is 18.2. The minimum atomic E-state index is -0.533. The SMILES string of the molecule is CN1CC(CN2C[C@H]3C[C@H](O)[C@H](O)C[C@H]3C2)CCC1=O.O=CO. The second-order valence-electron chi connectivity index (χ2n) is 7.13. The Morgan fingerprint density at radius 1 is 1.13 bits per heavy atom.